The number of rotatable bonds is 8. The SMILES string of the molecule is CCOC(=O)N1CCC(NC(=O)COC(=O)CCc2cnn(-c3ccccc3)c2)CC1. The van der Waals surface area contributed by atoms with E-state index in [0.717, 1.165) is 11.3 Å². The van der Waals surface area contributed by atoms with E-state index in [1.165, 1.54) is 0 Å². The van der Waals surface area contributed by atoms with E-state index in [-0.39, 0.29) is 31.1 Å². The van der Waals surface area contributed by atoms with Crippen LogP contribution in [0.15, 0.2) is 42.7 Å². The first kappa shape index (κ1) is 22.3. The molecular formula is C22H28N4O5. The third kappa shape index (κ3) is 6.84. The van der Waals surface area contributed by atoms with Crippen LogP contribution in [0.5, 0.6) is 0 Å². The zero-order valence-corrected chi connectivity index (χ0v) is 17.7. The second-order valence-corrected chi connectivity index (χ2v) is 7.32. The lowest BCUT2D eigenvalue weighted by molar-refractivity contribution is -0.148. The summed E-state index contributed by atoms with van der Waals surface area (Å²) in [5.74, 6) is -0.764. The lowest BCUT2D eigenvalue weighted by Gasteiger charge is -2.31. The first-order valence-corrected chi connectivity index (χ1v) is 10.5. The number of amides is 2. The van der Waals surface area contributed by atoms with Gasteiger partial charge < -0.3 is 19.7 Å². The van der Waals surface area contributed by atoms with Gasteiger partial charge in [-0.25, -0.2) is 9.48 Å². The second kappa shape index (κ2) is 11.1. The van der Waals surface area contributed by atoms with E-state index in [9.17, 15) is 14.4 Å². The summed E-state index contributed by atoms with van der Waals surface area (Å²) >= 11 is 0. The predicted molar refractivity (Wildman–Crippen MR) is 113 cm³/mol. The molecule has 1 saturated heterocycles. The molecule has 1 fully saturated rings. The molecular weight excluding hydrogens is 400 g/mol. The van der Waals surface area contributed by atoms with Gasteiger partial charge in [0.15, 0.2) is 6.61 Å². The van der Waals surface area contributed by atoms with Crippen LogP contribution in [-0.2, 0) is 25.5 Å². The number of esters is 1. The van der Waals surface area contributed by atoms with Crippen molar-refractivity contribution < 1.29 is 23.9 Å². The summed E-state index contributed by atoms with van der Waals surface area (Å²) in [7, 11) is 0. The van der Waals surface area contributed by atoms with Gasteiger partial charge in [-0.15, -0.1) is 0 Å². The quantitative estimate of drug-likeness (QED) is 0.646. The summed E-state index contributed by atoms with van der Waals surface area (Å²) in [5.41, 5.74) is 1.86. The first-order valence-electron chi connectivity index (χ1n) is 10.5. The Morgan fingerprint density at radius 1 is 1.13 bits per heavy atom. The van der Waals surface area contributed by atoms with Crippen molar-refractivity contribution >= 4 is 18.0 Å². The van der Waals surface area contributed by atoms with Gasteiger partial charge in [-0.3, -0.25) is 9.59 Å². The van der Waals surface area contributed by atoms with Gasteiger partial charge in [0.05, 0.1) is 18.5 Å². The van der Waals surface area contributed by atoms with Crippen molar-refractivity contribution in [3.05, 3.63) is 48.3 Å². The Morgan fingerprint density at radius 2 is 1.87 bits per heavy atom. The largest absolute Gasteiger partial charge is 0.456 e. The highest BCUT2D eigenvalue weighted by molar-refractivity contribution is 5.80. The van der Waals surface area contributed by atoms with Crippen LogP contribution in [0.2, 0.25) is 0 Å². The molecule has 0 unspecified atom stereocenters. The molecule has 0 atom stereocenters. The molecule has 0 spiro atoms. The number of hydrogen-bond acceptors (Lipinski definition) is 6. The molecule has 1 aromatic heterocycles. The highest BCUT2D eigenvalue weighted by atomic mass is 16.6. The molecule has 1 N–H and O–H groups in total. The number of para-hydroxylation sites is 1. The molecule has 1 aliphatic rings. The summed E-state index contributed by atoms with van der Waals surface area (Å²) in [4.78, 5) is 37.4. The molecule has 0 bridgehead atoms. The van der Waals surface area contributed by atoms with Gasteiger partial charge in [-0.05, 0) is 43.9 Å². The van der Waals surface area contributed by atoms with E-state index in [2.05, 4.69) is 10.4 Å². The average molecular weight is 428 g/mol. The Hall–Kier alpha value is -3.36. The van der Waals surface area contributed by atoms with Crippen molar-refractivity contribution in [2.75, 3.05) is 26.3 Å². The molecule has 1 aliphatic heterocycles. The minimum atomic E-state index is -0.431. The molecule has 0 aliphatic carbocycles. The molecule has 0 radical (unpaired) electrons. The van der Waals surface area contributed by atoms with Crippen molar-refractivity contribution in [2.24, 2.45) is 0 Å². The van der Waals surface area contributed by atoms with E-state index in [0.29, 0.717) is 39.0 Å². The lowest BCUT2D eigenvalue weighted by atomic mass is 10.1. The maximum atomic E-state index is 12.1. The minimum absolute atomic E-state index is 0.0410. The molecule has 0 saturated carbocycles. The summed E-state index contributed by atoms with van der Waals surface area (Å²) in [6.45, 7) is 2.86. The standard InChI is InChI=1S/C22H28N4O5/c1-2-30-22(29)25-12-10-18(11-13-25)24-20(27)16-31-21(28)9-8-17-14-23-26(15-17)19-6-4-3-5-7-19/h3-7,14-15,18H,2,8-13,16H2,1H3,(H,24,27). The van der Waals surface area contributed by atoms with E-state index < -0.39 is 5.97 Å². The molecule has 166 valence electrons. The number of piperidine rings is 1. The highest BCUT2D eigenvalue weighted by Crippen LogP contribution is 2.12. The summed E-state index contributed by atoms with van der Waals surface area (Å²) in [6.07, 6.45) is 5.21. The van der Waals surface area contributed by atoms with E-state index in [1.807, 2.05) is 36.5 Å². The maximum absolute atomic E-state index is 12.1. The number of carbonyl (C=O) groups excluding carboxylic acids is 3. The van der Waals surface area contributed by atoms with Gasteiger partial charge in [-0.2, -0.15) is 5.10 Å². The smallest absolute Gasteiger partial charge is 0.409 e. The van der Waals surface area contributed by atoms with Crippen LogP contribution in [0.4, 0.5) is 4.79 Å². The van der Waals surface area contributed by atoms with Gasteiger partial charge in [0.2, 0.25) is 0 Å². The third-order valence-electron chi connectivity index (χ3n) is 5.02. The summed E-state index contributed by atoms with van der Waals surface area (Å²) < 4.78 is 11.8. The van der Waals surface area contributed by atoms with E-state index >= 15 is 0 Å². The normalized spacial score (nSPS) is 14.2. The topological polar surface area (TPSA) is 103 Å². The van der Waals surface area contributed by atoms with Crippen LogP contribution in [0.25, 0.3) is 5.69 Å². The van der Waals surface area contributed by atoms with Crippen LogP contribution in [-0.4, -0.2) is 65.0 Å². The lowest BCUT2D eigenvalue weighted by Crippen LogP contribution is -2.47. The van der Waals surface area contributed by atoms with E-state index in [4.69, 9.17) is 9.47 Å². The van der Waals surface area contributed by atoms with Gasteiger partial charge in [0.1, 0.15) is 0 Å². The van der Waals surface area contributed by atoms with Crippen molar-refractivity contribution in [3.63, 3.8) is 0 Å². The molecule has 1 aromatic carbocycles. The Bertz CT molecular complexity index is 875. The number of carbonyl (C=O) groups is 3. The van der Waals surface area contributed by atoms with Crippen LogP contribution in [0.3, 0.4) is 0 Å². The fraction of sp³-hybridized carbons (Fsp3) is 0.455. The van der Waals surface area contributed by atoms with Gasteiger partial charge in [0, 0.05) is 31.7 Å². The highest BCUT2D eigenvalue weighted by Gasteiger charge is 2.24. The van der Waals surface area contributed by atoms with Crippen molar-refractivity contribution in [3.8, 4) is 5.69 Å². The third-order valence-corrected chi connectivity index (χ3v) is 5.02. The number of hydrogen-bond donors (Lipinski definition) is 1. The summed E-state index contributed by atoms with van der Waals surface area (Å²) in [6, 6.07) is 9.66. The number of nitrogens with zero attached hydrogens (tertiary/aromatic N) is 3. The Morgan fingerprint density at radius 3 is 2.58 bits per heavy atom. The zero-order chi connectivity index (χ0) is 22.1. The molecule has 9 nitrogen and oxygen atoms in total. The fourth-order valence-corrected chi connectivity index (χ4v) is 3.37. The Labute approximate surface area is 181 Å². The van der Waals surface area contributed by atoms with Crippen LogP contribution >= 0.6 is 0 Å². The Balaban J connectivity index is 1.32. The first-order chi connectivity index (χ1) is 15.0. The average Bonchev–Trinajstić information content (AvgIpc) is 3.27. The fourth-order valence-electron chi connectivity index (χ4n) is 3.37. The number of aryl methyl sites for hydroxylation is 1. The van der Waals surface area contributed by atoms with Crippen LogP contribution in [0, 0.1) is 0 Å². The number of benzene rings is 1. The van der Waals surface area contributed by atoms with E-state index in [1.54, 1.807) is 22.7 Å². The van der Waals surface area contributed by atoms with Crippen LogP contribution < -0.4 is 5.32 Å². The van der Waals surface area contributed by atoms with Crippen molar-refractivity contribution in [1.29, 1.82) is 0 Å². The number of aromatic nitrogens is 2. The monoisotopic (exact) mass is 428 g/mol. The number of ether oxygens (including phenoxy) is 2. The second-order valence-electron chi connectivity index (χ2n) is 7.32. The van der Waals surface area contributed by atoms with Crippen molar-refractivity contribution in [1.82, 2.24) is 20.0 Å². The van der Waals surface area contributed by atoms with Crippen LogP contribution in [0.1, 0.15) is 31.7 Å². The van der Waals surface area contributed by atoms with Gasteiger partial charge in [-0.1, -0.05) is 18.2 Å². The predicted octanol–water partition coefficient (Wildman–Crippen LogP) is 2.09. The number of likely N-dealkylation sites (tertiary alicyclic amines) is 1. The van der Waals surface area contributed by atoms with Gasteiger partial charge in [0.25, 0.3) is 5.91 Å². The molecule has 3 rings (SSSR count). The maximum Gasteiger partial charge on any atom is 0.409 e. The summed E-state index contributed by atoms with van der Waals surface area (Å²) in [5, 5.41) is 7.15. The molecule has 31 heavy (non-hydrogen) atoms. The molecule has 2 aromatic rings. The van der Waals surface area contributed by atoms with Gasteiger partial charge >= 0.3 is 12.1 Å². The molecule has 2 heterocycles. The zero-order valence-electron chi connectivity index (χ0n) is 17.7. The number of nitrogens with one attached hydrogen (secondary N) is 1. The Kier molecular flexibility index (Phi) is 8.03. The molecule has 9 heteroatoms. The van der Waals surface area contributed by atoms with Crippen molar-refractivity contribution in [2.45, 2.75) is 38.6 Å². The molecule has 2 amide bonds. The minimum Gasteiger partial charge on any atom is -0.456 e.